The number of aryl methyl sites for hydroxylation is 1. The Kier molecular flexibility index (Phi) is 6.20. The van der Waals surface area contributed by atoms with E-state index in [9.17, 15) is 10.2 Å². The summed E-state index contributed by atoms with van der Waals surface area (Å²) < 4.78 is 5.49. The van der Waals surface area contributed by atoms with Crippen molar-refractivity contribution in [3.63, 3.8) is 0 Å². The van der Waals surface area contributed by atoms with Gasteiger partial charge in [-0.25, -0.2) is 4.98 Å². The van der Waals surface area contributed by atoms with E-state index in [0.717, 1.165) is 45.5 Å². The fraction of sp³-hybridized carbons (Fsp3) is 0.400. The van der Waals surface area contributed by atoms with E-state index in [-0.39, 0.29) is 5.54 Å². The smallest absolute Gasteiger partial charge is 0.164 e. The number of hydrogen-bond donors (Lipinski definition) is 4. The van der Waals surface area contributed by atoms with E-state index in [0.29, 0.717) is 32.1 Å². The van der Waals surface area contributed by atoms with Crippen LogP contribution in [-0.2, 0) is 11.3 Å². The predicted octanol–water partition coefficient (Wildman–Crippen LogP) is 3.21. The van der Waals surface area contributed by atoms with Crippen LogP contribution in [0.1, 0.15) is 24.0 Å². The van der Waals surface area contributed by atoms with Gasteiger partial charge in [0.15, 0.2) is 6.23 Å². The molecule has 2 aromatic carbocycles. The van der Waals surface area contributed by atoms with Gasteiger partial charge >= 0.3 is 0 Å². The number of nitrogens with zero attached hydrogens (tertiary/aromatic N) is 2. The predicted molar refractivity (Wildman–Crippen MR) is 132 cm³/mol. The maximum Gasteiger partial charge on any atom is 0.164 e. The SMILES string of the molecule is Cc1ccc2nc(N3Cc4ccccc4SC(O)C3O)cc(NCC3(N)CCOCC3)c2c1. The average molecular weight is 467 g/mol. The second kappa shape index (κ2) is 9.12. The highest BCUT2D eigenvalue weighted by Crippen LogP contribution is 2.37. The average Bonchev–Trinajstić information content (AvgIpc) is 2.94. The zero-order valence-corrected chi connectivity index (χ0v) is 19.5. The van der Waals surface area contributed by atoms with Crippen molar-refractivity contribution < 1.29 is 14.9 Å². The molecule has 0 aliphatic carbocycles. The molecule has 0 spiro atoms. The van der Waals surface area contributed by atoms with Crippen molar-refractivity contribution in [3.05, 3.63) is 59.7 Å². The van der Waals surface area contributed by atoms with Gasteiger partial charge in [0.25, 0.3) is 0 Å². The molecule has 0 amide bonds. The summed E-state index contributed by atoms with van der Waals surface area (Å²) in [5, 5.41) is 26.2. The second-order valence-electron chi connectivity index (χ2n) is 9.03. The number of thioether (sulfide) groups is 1. The summed E-state index contributed by atoms with van der Waals surface area (Å²) in [7, 11) is 0. The van der Waals surface area contributed by atoms with E-state index < -0.39 is 11.7 Å². The normalized spacial score (nSPS) is 22.6. The van der Waals surface area contributed by atoms with Gasteiger partial charge in [0, 0.05) is 53.9 Å². The molecule has 5 N–H and O–H groups in total. The molecule has 174 valence electrons. The molecular weight excluding hydrogens is 436 g/mol. The Morgan fingerprint density at radius 2 is 1.97 bits per heavy atom. The van der Waals surface area contributed by atoms with E-state index in [2.05, 4.69) is 18.3 Å². The summed E-state index contributed by atoms with van der Waals surface area (Å²) in [5.41, 5.74) is 9.24. The molecule has 8 heteroatoms. The lowest BCUT2D eigenvalue weighted by molar-refractivity contribution is 0.0575. The van der Waals surface area contributed by atoms with Crippen LogP contribution in [0.15, 0.2) is 53.4 Å². The van der Waals surface area contributed by atoms with E-state index in [4.69, 9.17) is 15.5 Å². The van der Waals surface area contributed by atoms with Crippen LogP contribution in [-0.4, -0.2) is 52.2 Å². The lowest BCUT2D eigenvalue weighted by Gasteiger charge is -2.34. The van der Waals surface area contributed by atoms with Gasteiger partial charge < -0.3 is 30.9 Å². The van der Waals surface area contributed by atoms with Crippen LogP contribution in [0.2, 0.25) is 0 Å². The van der Waals surface area contributed by atoms with Crippen molar-refractivity contribution >= 4 is 34.2 Å². The Labute approximate surface area is 198 Å². The molecular formula is C25H30N4O3S. The van der Waals surface area contributed by atoms with Gasteiger partial charge in [-0.05, 0) is 43.5 Å². The Bertz CT molecular complexity index is 1150. The minimum atomic E-state index is -1.10. The van der Waals surface area contributed by atoms with Crippen LogP contribution >= 0.6 is 11.8 Å². The second-order valence-corrected chi connectivity index (χ2v) is 10.2. The van der Waals surface area contributed by atoms with Crippen LogP contribution in [0.4, 0.5) is 11.5 Å². The summed E-state index contributed by atoms with van der Waals surface area (Å²) in [6.45, 7) is 4.47. The van der Waals surface area contributed by atoms with Crippen molar-refractivity contribution in [2.24, 2.45) is 5.73 Å². The lowest BCUT2D eigenvalue weighted by Crippen LogP contribution is -2.50. The first-order valence-electron chi connectivity index (χ1n) is 11.3. The fourth-order valence-corrected chi connectivity index (χ4v) is 5.40. The first-order valence-corrected chi connectivity index (χ1v) is 12.2. The van der Waals surface area contributed by atoms with E-state index in [1.54, 1.807) is 4.90 Å². The number of ether oxygens (including phenoxy) is 1. The number of anilines is 2. The molecule has 3 heterocycles. The Morgan fingerprint density at radius 1 is 1.18 bits per heavy atom. The van der Waals surface area contributed by atoms with Gasteiger partial charge in [0.2, 0.25) is 0 Å². The maximum absolute atomic E-state index is 11.0. The summed E-state index contributed by atoms with van der Waals surface area (Å²) in [4.78, 5) is 7.59. The standard InChI is InChI=1S/C25H30N4O3S/c1-16-6-7-19-18(12-16)20(27-15-25(26)8-10-32-11-9-25)13-22(28-19)29-14-17-4-2-3-5-21(17)33-24(31)23(29)30/h2-7,12-13,23-24,30-31H,8-11,14-15,26H2,1H3,(H,27,28). The van der Waals surface area contributed by atoms with Crippen molar-refractivity contribution in [1.82, 2.24) is 4.98 Å². The number of aromatic nitrogens is 1. The van der Waals surface area contributed by atoms with Crippen LogP contribution in [0.5, 0.6) is 0 Å². The molecule has 2 aliphatic heterocycles. The maximum atomic E-state index is 11.0. The topological polar surface area (TPSA) is 104 Å². The molecule has 2 aliphatic rings. The van der Waals surface area contributed by atoms with Crippen LogP contribution in [0, 0.1) is 6.92 Å². The highest BCUT2D eigenvalue weighted by Gasteiger charge is 2.32. The molecule has 0 saturated carbocycles. The van der Waals surface area contributed by atoms with Gasteiger partial charge in [0.05, 0.1) is 5.52 Å². The summed E-state index contributed by atoms with van der Waals surface area (Å²) in [6, 6.07) is 16.0. The highest BCUT2D eigenvalue weighted by atomic mass is 32.2. The van der Waals surface area contributed by atoms with Crippen LogP contribution < -0.4 is 16.0 Å². The molecule has 1 aromatic heterocycles. The molecule has 3 aromatic rings. The molecule has 1 fully saturated rings. The van der Waals surface area contributed by atoms with Crippen LogP contribution in [0.3, 0.4) is 0 Å². The van der Waals surface area contributed by atoms with Gasteiger partial charge in [-0.3, -0.25) is 0 Å². The number of pyridine rings is 1. The molecule has 33 heavy (non-hydrogen) atoms. The number of aliphatic hydroxyl groups is 2. The lowest BCUT2D eigenvalue weighted by atomic mass is 9.91. The summed E-state index contributed by atoms with van der Waals surface area (Å²) >= 11 is 1.27. The van der Waals surface area contributed by atoms with E-state index in [1.165, 1.54) is 11.8 Å². The van der Waals surface area contributed by atoms with Gasteiger partial charge in [-0.2, -0.15) is 0 Å². The minimum Gasteiger partial charge on any atom is -0.383 e. The number of hydrogen-bond acceptors (Lipinski definition) is 8. The highest BCUT2D eigenvalue weighted by molar-refractivity contribution is 7.99. The number of nitrogens with one attached hydrogen (secondary N) is 1. The zero-order chi connectivity index (χ0) is 23.0. The number of benzene rings is 2. The number of fused-ring (bicyclic) bond motifs is 2. The van der Waals surface area contributed by atoms with Crippen LogP contribution in [0.25, 0.3) is 10.9 Å². The minimum absolute atomic E-state index is 0.328. The van der Waals surface area contributed by atoms with Crippen molar-refractivity contribution in [1.29, 1.82) is 0 Å². The van der Waals surface area contributed by atoms with Crippen molar-refractivity contribution in [2.45, 2.75) is 48.4 Å². The monoisotopic (exact) mass is 466 g/mol. The molecule has 2 unspecified atom stereocenters. The number of nitrogens with two attached hydrogens (primary N) is 1. The van der Waals surface area contributed by atoms with Gasteiger partial charge in [-0.15, -0.1) is 0 Å². The molecule has 7 nitrogen and oxygen atoms in total. The molecule has 0 radical (unpaired) electrons. The third-order valence-corrected chi connectivity index (χ3v) is 7.64. The van der Waals surface area contributed by atoms with Gasteiger partial charge in [0.1, 0.15) is 11.3 Å². The quantitative estimate of drug-likeness (QED) is 0.465. The Hall–Kier alpha value is -2.36. The number of rotatable bonds is 4. The molecule has 1 saturated heterocycles. The van der Waals surface area contributed by atoms with Gasteiger partial charge in [-0.1, -0.05) is 41.6 Å². The van der Waals surface area contributed by atoms with Crippen molar-refractivity contribution in [3.8, 4) is 0 Å². The molecule has 0 bridgehead atoms. The fourth-order valence-electron chi connectivity index (χ4n) is 4.43. The third-order valence-electron chi connectivity index (χ3n) is 6.50. The number of aliphatic hydroxyl groups excluding tert-OH is 2. The summed E-state index contributed by atoms with van der Waals surface area (Å²) in [6.07, 6.45) is 0.516. The Morgan fingerprint density at radius 3 is 2.79 bits per heavy atom. The molecule has 2 atom stereocenters. The first-order chi connectivity index (χ1) is 15.9. The third kappa shape index (κ3) is 4.67. The molecule has 5 rings (SSSR count). The Balaban J connectivity index is 1.53. The first kappa shape index (κ1) is 22.4. The van der Waals surface area contributed by atoms with Crippen molar-refractivity contribution in [2.75, 3.05) is 30.0 Å². The van der Waals surface area contributed by atoms with E-state index in [1.807, 2.05) is 42.5 Å². The zero-order valence-electron chi connectivity index (χ0n) is 18.7. The largest absolute Gasteiger partial charge is 0.383 e. The van der Waals surface area contributed by atoms with E-state index >= 15 is 0 Å². The summed E-state index contributed by atoms with van der Waals surface area (Å²) in [5.74, 6) is 0.607.